The van der Waals surface area contributed by atoms with Gasteiger partial charge in [-0.05, 0) is 17.7 Å². The predicted octanol–water partition coefficient (Wildman–Crippen LogP) is 0.155. The monoisotopic (exact) mass is 255 g/mol. The molecule has 0 amide bonds. The molecule has 102 valence electrons. The van der Waals surface area contributed by atoms with E-state index in [0.717, 1.165) is 11.3 Å². The van der Waals surface area contributed by atoms with E-state index in [1.165, 1.54) is 0 Å². The summed E-state index contributed by atoms with van der Waals surface area (Å²) in [7, 11) is 1.63. The first kappa shape index (κ1) is 14.9. The Labute approximate surface area is 107 Å². The molecule has 5 heteroatoms. The highest BCUT2D eigenvalue weighted by Gasteiger charge is 2.03. The van der Waals surface area contributed by atoms with Gasteiger partial charge in [0, 0.05) is 13.1 Å². The van der Waals surface area contributed by atoms with E-state index in [9.17, 15) is 5.11 Å². The van der Waals surface area contributed by atoms with Crippen molar-refractivity contribution in [3.05, 3.63) is 29.8 Å². The van der Waals surface area contributed by atoms with Crippen LogP contribution >= 0.6 is 0 Å². The summed E-state index contributed by atoms with van der Waals surface area (Å²) in [6, 6.07) is 7.60. The van der Waals surface area contributed by atoms with E-state index in [1.54, 1.807) is 7.11 Å². The summed E-state index contributed by atoms with van der Waals surface area (Å²) in [5, 5.41) is 21.0. The summed E-state index contributed by atoms with van der Waals surface area (Å²) in [5.74, 6) is 0.812. The largest absolute Gasteiger partial charge is 0.497 e. The molecule has 1 atom stereocenters. The van der Waals surface area contributed by atoms with E-state index in [-0.39, 0.29) is 13.2 Å². The van der Waals surface area contributed by atoms with E-state index in [4.69, 9.17) is 14.6 Å². The van der Waals surface area contributed by atoms with Gasteiger partial charge in [-0.1, -0.05) is 12.1 Å². The number of aliphatic hydroxyl groups is 2. The van der Waals surface area contributed by atoms with Crippen LogP contribution in [-0.2, 0) is 11.3 Å². The summed E-state index contributed by atoms with van der Waals surface area (Å²) in [6.07, 6.45) is -0.560. The number of nitrogens with one attached hydrogen (secondary N) is 1. The van der Waals surface area contributed by atoms with Crippen LogP contribution in [0.1, 0.15) is 5.56 Å². The van der Waals surface area contributed by atoms with E-state index in [2.05, 4.69) is 5.32 Å². The predicted molar refractivity (Wildman–Crippen MR) is 68.6 cm³/mol. The van der Waals surface area contributed by atoms with Crippen LogP contribution in [0.3, 0.4) is 0 Å². The summed E-state index contributed by atoms with van der Waals surface area (Å²) in [5.41, 5.74) is 1.03. The van der Waals surface area contributed by atoms with Crippen molar-refractivity contribution in [2.45, 2.75) is 12.7 Å². The lowest BCUT2D eigenvalue weighted by Gasteiger charge is -2.12. The highest BCUT2D eigenvalue weighted by atomic mass is 16.5. The molecule has 0 spiro atoms. The lowest BCUT2D eigenvalue weighted by Crippen LogP contribution is -2.32. The second kappa shape index (κ2) is 8.88. The van der Waals surface area contributed by atoms with Crippen LogP contribution in [0.25, 0.3) is 0 Å². The van der Waals surface area contributed by atoms with Crippen molar-refractivity contribution in [1.29, 1.82) is 0 Å². The molecule has 0 aliphatic heterocycles. The average molecular weight is 255 g/mol. The molecule has 18 heavy (non-hydrogen) atoms. The number of ether oxygens (including phenoxy) is 2. The fourth-order valence-electron chi connectivity index (χ4n) is 1.44. The molecule has 0 saturated heterocycles. The van der Waals surface area contributed by atoms with Crippen LogP contribution < -0.4 is 10.1 Å². The van der Waals surface area contributed by atoms with Gasteiger partial charge in [-0.15, -0.1) is 0 Å². The molecule has 0 aromatic heterocycles. The second-order valence-electron chi connectivity index (χ2n) is 3.94. The minimum atomic E-state index is -0.560. The third-order valence-corrected chi connectivity index (χ3v) is 2.41. The highest BCUT2D eigenvalue weighted by Crippen LogP contribution is 2.11. The average Bonchev–Trinajstić information content (AvgIpc) is 2.40. The molecular formula is C13H21NO4. The first-order chi connectivity index (χ1) is 8.76. The van der Waals surface area contributed by atoms with Crippen molar-refractivity contribution in [2.24, 2.45) is 0 Å². The van der Waals surface area contributed by atoms with Crippen molar-refractivity contribution >= 4 is 0 Å². The van der Waals surface area contributed by atoms with Gasteiger partial charge in [0.1, 0.15) is 5.75 Å². The lowest BCUT2D eigenvalue weighted by atomic mass is 10.2. The fraction of sp³-hybridized carbons (Fsp3) is 0.538. The zero-order valence-corrected chi connectivity index (χ0v) is 10.6. The molecule has 5 nitrogen and oxygen atoms in total. The summed E-state index contributed by atoms with van der Waals surface area (Å²) in [6.45, 7) is 1.70. The van der Waals surface area contributed by atoms with Crippen LogP contribution in [0.15, 0.2) is 24.3 Å². The Morgan fingerprint density at radius 3 is 2.61 bits per heavy atom. The molecule has 0 radical (unpaired) electrons. The molecule has 0 fully saturated rings. The van der Waals surface area contributed by atoms with Crippen molar-refractivity contribution in [2.75, 3.05) is 33.4 Å². The van der Waals surface area contributed by atoms with Gasteiger partial charge in [0.15, 0.2) is 0 Å². The maximum atomic E-state index is 9.55. The summed E-state index contributed by atoms with van der Waals surface area (Å²) >= 11 is 0. The number of hydrogen-bond acceptors (Lipinski definition) is 5. The molecule has 3 N–H and O–H groups in total. The van der Waals surface area contributed by atoms with Gasteiger partial charge in [0.05, 0.1) is 33.0 Å². The Balaban J connectivity index is 2.16. The van der Waals surface area contributed by atoms with E-state index < -0.39 is 6.10 Å². The van der Waals surface area contributed by atoms with Gasteiger partial charge in [-0.25, -0.2) is 0 Å². The number of hydrogen-bond donors (Lipinski definition) is 3. The molecule has 1 aromatic rings. The minimum Gasteiger partial charge on any atom is -0.497 e. The molecule has 0 bridgehead atoms. The first-order valence-corrected chi connectivity index (χ1v) is 5.96. The molecule has 0 heterocycles. The van der Waals surface area contributed by atoms with Crippen molar-refractivity contribution in [3.63, 3.8) is 0 Å². The third kappa shape index (κ3) is 5.97. The molecule has 0 unspecified atom stereocenters. The third-order valence-electron chi connectivity index (χ3n) is 2.41. The van der Waals surface area contributed by atoms with Crippen LogP contribution in [0.4, 0.5) is 0 Å². The van der Waals surface area contributed by atoms with Gasteiger partial charge < -0.3 is 25.0 Å². The molecular weight excluding hydrogens is 234 g/mol. The second-order valence-corrected chi connectivity index (χ2v) is 3.94. The highest BCUT2D eigenvalue weighted by molar-refractivity contribution is 5.26. The van der Waals surface area contributed by atoms with Crippen molar-refractivity contribution in [3.8, 4) is 5.75 Å². The SMILES string of the molecule is COc1ccc(COC[C@H](O)CNCCO)cc1. The molecule has 0 saturated carbocycles. The van der Waals surface area contributed by atoms with Crippen LogP contribution in [-0.4, -0.2) is 49.7 Å². The number of benzene rings is 1. The topological polar surface area (TPSA) is 71.0 Å². The van der Waals surface area contributed by atoms with E-state index >= 15 is 0 Å². The maximum absolute atomic E-state index is 9.55. The van der Waals surface area contributed by atoms with Crippen LogP contribution in [0, 0.1) is 0 Å². The minimum absolute atomic E-state index is 0.0689. The Kier molecular flexibility index (Phi) is 7.36. The standard InChI is InChI=1S/C13H21NO4/c1-17-13-4-2-11(3-5-13)9-18-10-12(16)8-14-6-7-15/h2-5,12,14-16H,6-10H2,1H3/t12-/m1/s1. The Bertz CT molecular complexity index is 315. The van der Waals surface area contributed by atoms with Crippen molar-refractivity contribution in [1.82, 2.24) is 5.32 Å². The van der Waals surface area contributed by atoms with Gasteiger partial charge >= 0.3 is 0 Å². The smallest absolute Gasteiger partial charge is 0.118 e. The summed E-state index contributed by atoms with van der Waals surface area (Å²) in [4.78, 5) is 0. The quantitative estimate of drug-likeness (QED) is 0.548. The zero-order chi connectivity index (χ0) is 13.2. The first-order valence-electron chi connectivity index (χ1n) is 5.96. The molecule has 1 rings (SSSR count). The van der Waals surface area contributed by atoms with E-state index in [1.807, 2.05) is 24.3 Å². The maximum Gasteiger partial charge on any atom is 0.118 e. The normalized spacial score (nSPS) is 12.4. The zero-order valence-electron chi connectivity index (χ0n) is 10.6. The Hall–Kier alpha value is -1.14. The lowest BCUT2D eigenvalue weighted by molar-refractivity contribution is 0.0285. The molecule has 0 aliphatic rings. The van der Waals surface area contributed by atoms with Gasteiger partial charge in [-0.3, -0.25) is 0 Å². The molecule has 1 aromatic carbocycles. The van der Waals surface area contributed by atoms with Crippen molar-refractivity contribution < 1.29 is 19.7 Å². The van der Waals surface area contributed by atoms with E-state index in [0.29, 0.717) is 19.7 Å². The number of methoxy groups -OCH3 is 1. The Morgan fingerprint density at radius 1 is 1.28 bits per heavy atom. The van der Waals surface area contributed by atoms with Gasteiger partial charge in [0.2, 0.25) is 0 Å². The van der Waals surface area contributed by atoms with Gasteiger partial charge in [-0.2, -0.15) is 0 Å². The molecule has 0 aliphatic carbocycles. The summed E-state index contributed by atoms with van der Waals surface area (Å²) < 4.78 is 10.4. The Morgan fingerprint density at radius 2 is 2.00 bits per heavy atom. The van der Waals surface area contributed by atoms with Gasteiger partial charge in [0.25, 0.3) is 0 Å². The number of rotatable bonds is 9. The van der Waals surface area contributed by atoms with Crippen LogP contribution in [0.5, 0.6) is 5.75 Å². The number of aliphatic hydroxyl groups excluding tert-OH is 2. The van der Waals surface area contributed by atoms with Crippen LogP contribution in [0.2, 0.25) is 0 Å². The fourth-order valence-corrected chi connectivity index (χ4v) is 1.44.